The van der Waals surface area contributed by atoms with Gasteiger partial charge in [-0.05, 0) is 32.1 Å². The molecule has 1 aromatic heterocycles. The molecule has 20 heavy (non-hydrogen) atoms. The Balaban J connectivity index is 1.62. The van der Waals surface area contributed by atoms with Crippen molar-refractivity contribution in [2.45, 2.75) is 43.4 Å². The molecule has 2 bridgehead atoms. The number of rotatable bonds is 1. The van der Waals surface area contributed by atoms with Crippen LogP contribution in [0.15, 0.2) is 0 Å². The summed E-state index contributed by atoms with van der Waals surface area (Å²) in [6.07, 6.45) is 4.67. The molecular formula is C13H17N3O3S. The summed E-state index contributed by atoms with van der Waals surface area (Å²) in [6.45, 7) is 0.341. The summed E-state index contributed by atoms with van der Waals surface area (Å²) in [4.78, 5) is 14.3. The smallest absolute Gasteiger partial charge is 0.274 e. The number of carbonyl (C=O) groups excluding carboxylic acids is 1. The van der Waals surface area contributed by atoms with E-state index in [1.807, 2.05) is 0 Å². The van der Waals surface area contributed by atoms with Gasteiger partial charge in [0.1, 0.15) is 0 Å². The predicted octanol–water partition coefficient (Wildman–Crippen LogP) is 0.300. The molecule has 2 fully saturated rings. The topological polar surface area (TPSA) is 83.1 Å². The Bertz CT molecular complexity index is 679. The van der Waals surface area contributed by atoms with E-state index in [1.165, 1.54) is 0 Å². The minimum Gasteiger partial charge on any atom is -0.332 e. The fourth-order valence-electron chi connectivity index (χ4n) is 3.74. The summed E-state index contributed by atoms with van der Waals surface area (Å²) in [6, 6.07) is -0.145. The Morgan fingerprint density at radius 2 is 2.10 bits per heavy atom. The number of fused-ring (bicyclic) bond motifs is 3. The summed E-state index contributed by atoms with van der Waals surface area (Å²) in [5, 5.41) is 6.82. The zero-order valence-corrected chi connectivity index (χ0v) is 11.9. The number of nitrogens with one attached hydrogen (secondary N) is 1. The van der Waals surface area contributed by atoms with Crippen LogP contribution in [0.5, 0.6) is 0 Å². The molecule has 7 heteroatoms. The summed E-state index contributed by atoms with van der Waals surface area (Å²) < 4.78 is 23.5. The molecule has 2 unspecified atom stereocenters. The van der Waals surface area contributed by atoms with Crippen molar-refractivity contribution in [3.63, 3.8) is 0 Å². The first-order valence-corrected chi connectivity index (χ1v) is 8.86. The molecule has 0 saturated carbocycles. The van der Waals surface area contributed by atoms with Crippen LogP contribution in [-0.4, -0.2) is 53.0 Å². The molecule has 6 nitrogen and oxygen atoms in total. The summed E-state index contributed by atoms with van der Waals surface area (Å²) in [5.41, 5.74) is 2.65. The van der Waals surface area contributed by atoms with Gasteiger partial charge in [0.25, 0.3) is 5.91 Å². The lowest BCUT2D eigenvalue weighted by Gasteiger charge is -2.26. The SMILES string of the molecule is O=C(c1n[nH]c2c1CCCC2)N1CC2CC1CS2(=O)=O. The Morgan fingerprint density at radius 1 is 1.30 bits per heavy atom. The lowest BCUT2D eigenvalue weighted by Crippen LogP contribution is -2.44. The molecule has 0 aromatic carbocycles. The van der Waals surface area contributed by atoms with Crippen LogP contribution < -0.4 is 0 Å². The van der Waals surface area contributed by atoms with Gasteiger partial charge in [0.15, 0.2) is 15.5 Å². The minimum absolute atomic E-state index is 0.0909. The lowest BCUT2D eigenvalue weighted by molar-refractivity contribution is 0.0738. The highest BCUT2D eigenvalue weighted by Gasteiger charge is 2.50. The van der Waals surface area contributed by atoms with Gasteiger partial charge in [0.05, 0.1) is 11.0 Å². The average Bonchev–Trinajstić information content (AvgIpc) is 3.07. The van der Waals surface area contributed by atoms with Gasteiger partial charge >= 0.3 is 0 Å². The van der Waals surface area contributed by atoms with Crippen LogP contribution in [0.2, 0.25) is 0 Å². The Morgan fingerprint density at radius 3 is 2.80 bits per heavy atom. The summed E-state index contributed by atoms with van der Waals surface area (Å²) in [7, 11) is -2.96. The second kappa shape index (κ2) is 4.07. The fraction of sp³-hybridized carbons (Fsp3) is 0.692. The first kappa shape index (κ1) is 12.4. The molecule has 2 saturated heterocycles. The van der Waals surface area contributed by atoms with Crippen molar-refractivity contribution in [1.82, 2.24) is 15.1 Å². The van der Waals surface area contributed by atoms with Crippen LogP contribution in [0.25, 0.3) is 0 Å². The molecule has 2 aliphatic heterocycles. The van der Waals surface area contributed by atoms with E-state index in [4.69, 9.17) is 0 Å². The first-order chi connectivity index (χ1) is 9.56. The molecular weight excluding hydrogens is 278 g/mol. The zero-order valence-electron chi connectivity index (χ0n) is 11.1. The highest BCUT2D eigenvalue weighted by molar-refractivity contribution is 7.92. The van der Waals surface area contributed by atoms with E-state index in [0.717, 1.165) is 36.9 Å². The number of aromatic nitrogens is 2. The average molecular weight is 295 g/mol. The third-order valence-electron chi connectivity index (χ3n) is 4.83. The molecule has 0 radical (unpaired) electrons. The quantitative estimate of drug-likeness (QED) is 0.808. The van der Waals surface area contributed by atoms with Gasteiger partial charge in [-0.15, -0.1) is 0 Å². The number of aromatic amines is 1. The molecule has 1 aliphatic carbocycles. The van der Waals surface area contributed by atoms with Crippen molar-refractivity contribution >= 4 is 15.7 Å². The van der Waals surface area contributed by atoms with E-state index < -0.39 is 9.84 Å². The highest BCUT2D eigenvalue weighted by Crippen LogP contribution is 2.34. The van der Waals surface area contributed by atoms with E-state index in [-0.39, 0.29) is 23.0 Å². The van der Waals surface area contributed by atoms with Gasteiger partial charge in [0, 0.05) is 23.8 Å². The molecule has 1 N–H and O–H groups in total. The zero-order chi connectivity index (χ0) is 13.9. The van der Waals surface area contributed by atoms with Crippen LogP contribution in [0.4, 0.5) is 0 Å². The van der Waals surface area contributed by atoms with Gasteiger partial charge in [-0.2, -0.15) is 5.10 Å². The van der Waals surface area contributed by atoms with E-state index in [0.29, 0.717) is 18.7 Å². The molecule has 4 rings (SSSR count). The molecule has 108 valence electrons. The maximum Gasteiger partial charge on any atom is 0.274 e. The van der Waals surface area contributed by atoms with Crippen molar-refractivity contribution in [1.29, 1.82) is 0 Å². The predicted molar refractivity (Wildman–Crippen MR) is 72.2 cm³/mol. The Hall–Kier alpha value is -1.37. The third kappa shape index (κ3) is 1.65. The lowest BCUT2D eigenvalue weighted by atomic mass is 9.95. The second-order valence-corrected chi connectivity index (χ2v) is 8.36. The highest BCUT2D eigenvalue weighted by atomic mass is 32.2. The molecule has 0 spiro atoms. The number of carbonyl (C=O) groups is 1. The van der Waals surface area contributed by atoms with Crippen molar-refractivity contribution in [3.8, 4) is 0 Å². The van der Waals surface area contributed by atoms with Crippen molar-refractivity contribution in [3.05, 3.63) is 17.0 Å². The van der Waals surface area contributed by atoms with Crippen molar-refractivity contribution in [2.75, 3.05) is 12.3 Å². The number of sulfone groups is 1. The van der Waals surface area contributed by atoms with E-state index in [9.17, 15) is 13.2 Å². The molecule has 2 atom stereocenters. The standard InChI is InChI=1S/C13H17N3O3S/c17-13(12-10-3-1-2-4-11(10)14-15-12)16-6-9-5-8(16)7-20(9,18)19/h8-9H,1-7H2,(H,14,15). The van der Waals surface area contributed by atoms with Crippen LogP contribution >= 0.6 is 0 Å². The molecule has 3 heterocycles. The van der Waals surface area contributed by atoms with Crippen LogP contribution in [-0.2, 0) is 22.7 Å². The Kier molecular flexibility index (Phi) is 2.52. The number of aryl methyl sites for hydroxylation is 1. The molecule has 3 aliphatic rings. The minimum atomic E-state index is -2.96. The number of H-pyrrole nitrogens is 1. The summed E-state index contributed by atoms with van der Waals surface area (Å²) >= 11 is 0. The Labute approximate surface area is 117 Å². The number of hydrogen-bond acceptors (Lipinski definition) is 4. The van der Waals surface area contributed by atoms with E-state index in [1.54, 1.807) is 4.90 Å². The second-order valence-electron chi connectivity index (χ2n) is 6.04. The van der Waals surface area contributed by atoms with Crippen LogP contribution in [0.3, 0.4) is 0 Å². The normalized spacial score (nSPS) is 30.5. The number of nitrogens with zero attached hydrogens (tertiary/aromatic N) is 2. The monoisotopic (exact) mass is 295 g/mol. The van der Waals surface area contributed by atoms with Gasteiger partial charge in [0.2, 0.25) is 0 Å². The van der Waals surface area contributed by atoms with Crippen molar-refractivity contribution in [2.24, 2.45) is 0 Å². The molecule has 1 amide bonds. The third-order valence-corrected chi connectivity index (χ3v) is 7.04. The number of hydrogen-bond donors (Lipinski definition) is 1. The van der Waals surface area contributed by atoms with Gasteiger partial charge in [-0.3, -0.25) is 9.89 Å². The van der Waals surface area contributed by atoms with E-state index >= 15 is 0 Å². The van der Waals surface area contributed by atoms with E-state index in [2.05, 4.69) is 10.2 Å². The first-order valence-electron chi connectivity index (χ1n) is 7.15. The van der Waals surface area contributed by atoms with Gasteiger partial charge in [-0.25, -0.2) is 8.42 Å². The number of amides is 1. The van der Waals surface area contributed by atoms with Gasteiger partial charge in [-0.1, -0.05) is 0 Å². The maximum absolute atomic E-state index is 12.6. The largest absolute Gasteiger partial charge is 0.332 e. The van der Waals surface area contributed by atoms with Gasteiger partial charge < -0.3 is 4.90 Å². The molecule has 1 aromatic rings. The van der Waals surface area contributed by atoms with Crippen LogP contribution in [0.1, 0.15) is 41.0 Å². The maximum atomic E-state index is 12.6. The fourth-order valence-corrected chi connectivity index (χ4v) is 5.77. The van der Waals surface area contributed by atoms with Crippen LogP contribution in [0, 0.1) is 0 Å². The number of likely N-dealkylation sites (tertiary alicyclic amines) is 1. The van der Waals surface area contributed by atoms with Crippen molar-refractivity contribution < 1.29 is 13.2 Å². The summed E-state index contributed by atoms with van der Waals surface area (Å²) in [5.74, 6) is 0.0301.